The molecule has 1 fully saturated rings. The van der Waals surface area contributed by atoms with E-state index < -0.39 is 0 Å². The molecule has 6 nitrogen and oxygen atoms in total. The average Bonchev–Trinajstić information content (AvgIpc) is 3.31. The van der Waals surface area contributed by atoms with Gasteiger partial charge in [-0.25, -0.2) is 4.98 Å². The molecule has 0 spiro atoms. The number of amides is 2. The number of carbonyl (C=O) groups is 2. The first-order valence-electron chi connectivity index (χ1n) is 10.4. The summed E-state index contributed by atoms with van der Waals surface area (Å²) in [5.74, 6) is 0.343. The number of likely N-dealkylation sites (tertiary alicyclic amines) is 1. The first-order chi connectivity index (χ1) is 15.2. The van der Waals surface area contributed by atoms with Gasteiger partial charge in [0.2, 0.25) is 5.91 Å². The Morgan fingerprint density at radius 3 is 2.65 bits per heavy atom. The third kappa shape index (κ3) is 5.70. The van der Waals surface area contributed by atoms with E-state index in [2.05, 4.69) is 10.3 Å². The van der Waals surface area contributed by atoms with Crippen LogP contribution in [0.3, 0.4) is 0 Å². The Balaban J connectivity index is 0.00000289. The highest BCUT2D eigenvalue weighted by Crippen LogP contribution is 2.22. The smallest absolute Gasteiger partial charge is 0.260 e. The normalized spacial score (nSPS) is 16.0. The molecule has 1 aromatic heterocycles. The zero-order valence-corrected chi connectivity index (χ0v) is 18.0. The fraction of sp³-hybridized carbons (Fsp3) is 0.292. The number of rotatable bonds is 7. The van der Waals surface area contributed by atoms with Crippen LogP contribution in [0.2, 0.25) is 0 Å². The summed E-state index contributed by atoms with van der Waals surface area (Å²) in [6, 6.07) is 19.3. The van der Waals surface area contributed by atoms with Crippen molar-refractivity contribution in [3.8, 4) is 17.0 Å². The number of thiazole rings is 1. The lowest BCUT2D eigenvalue weighted by atomic mass is 9.97. The van der Waals surface area contributed by atoms with Crippen LogP contribution in [0.25, 0.3) is 11.3 Å². The van der Waals surface area contributed by atoms with E-state index in [1.54, 1.807) is 4.90 Å². The van der Waals surface area contributed by atoms with Crippen LogP contribution in [0, 0.1) is 5.92 Å². The molecule has 1 saturated heterocycles. The van der Waals surface area contributed by atoms with Gasteiger partial charge < -0.3 is 15.0 Å². The Labute approximate surface area is 187 Å². The van der Waals surface area contributed by atoms with E-state index in [-0.39, 0.29) is 25.8 Å². The van der Waals surface area contributed by atoms with Crippen LogP contribution in [0.15, 0.2) is 66.0 Å². The van der Waals surface area contributed by atoms with E-state index in [1.165, 1.54) is 11.3 Å². The van der Waals surface area contributed by atoms with E-state index in [1.807, 2.05) is 66.0 Å². The van der Waals surface area contributed by atoms with Crippen LogP contribution in [0.4, 0.5) is 0 Å². The summed E-state index contributed by atoms with van der Waals surface area (Å²) in [7, 11) is 0. The Morgan fingerprint density at radius 1 is 1.13 bits per heavy atom. The summed E-state index contributed by atoms with van der Waals surface area (Å²) < 4.78 is 5.56. The summed E-state index contributed by atoms with van der Waals surface area (Å²) in [6.45, 7) is 1.47. The molecule has 2 heterocycles. The van der Waals surface area contributed by atoms with Gasteiger partial charge in [0.25, 0.3) is 5.91 Å². The molecule has 0 radical (unpaired) electrons. The molecule has 1 N–H and O–H groups in total. The van der Waals surface area contributed by atoms with Crippen molar-refractivity contribution in [2.75, 3.05) is 19.7 Å². The first kappa shape index (κ1) is 21.1. The number of hydrogen-bond donors (Lipinski definition) is 1. The molecule has 0 aliphatic carbocycles. The quantitative estimate of drug-likeness (QED) is 0.607. The fourth-order valence-electron chi connectivity index (χ4n) is 3.61. The number of aromatic nitrogens is 1. The first-order valence-corrected chi connectivity index (χ1v) is 11.3. The number of piperidine rings is 1. The molecule has 0 unspecified atom stereocenters. The molecule has 2 amide bonds. The predicted molar refractivity (Wildman–Crippen MR) is 123 cm³/mol. The predicted octanol–water partition coefficient (Wildman–Crippen LogP) is 3.99. The highest BCUT2D eigenvalue weighted by Gasteiger charge is 2.28. The molecule has 2 aromatic carbocycles. The molecule has 1 atom stereocenters. The van der Waals surface area contributed by atoms with Crippen molar-refractivity contribution in [3.63, 3.8) is 0 Å². The summed E-state index contributed by atoms with van der Waals surface area (Å²) in [5, 5.41) is 5.86. The van der Waals surface area contributed by atoms with Gasteiger partial charge in [-0.2, -0.15) is 0 Å². The second kappa shape index (κ2) is 10.2. The lowest BCUT2D eigenvalue weighted by Gasteiger charge is -2.32. The van der Waals surface area contributed by atoms with Crippen LogP contribution in [-0.4, -0.2) is 41.4 Å². The molecular formula is C24H27N3O3S. The summed E-state index contributed by atoms with van der Waals surface area (Å²) in [4.78, 5) is 31.6. The minimum absolute atomic E-state index is 0. The third-order valence-corrected chi connectivity index (χ3v) is 6.13. The standard InChI is InChI=1S/C24H25N3O3S.H2/c28-23(16-30-20-11-5-2-6-12-20)27-13-7-10-19(15-27)24(29)25-14-22-26-21(17-31-22)18-8-3-1-4-9-18;/h1-6,8-9,11-12,17,19H,7,10,13-16H2,(H,25,29);1H/t19-;/m0./s1. The van der Waals surface area contributed by atoms with Crippen molar-refractivity contribution in [3.05, 3.63) is 71.1 Å². The molecule has 162 valence electrons. The van der Waals surface area contributed by atoms with Crippen molar-refractivity contribution in [2.24, 2.45) is 5.92 Å². The largest absolute Gasteiger partial charge is 0.484 e. The van der Waals surface area contributed by atoms with Gasteiger partial charge in [-0.15, -0.1) is 11.3 Å². The molecule has 0 saturated carbocycles. The van der Waals surface area contributed by atoms with Crippen molar-refractivity contribution in [1.82, 2.24) is 15.2 Å². The van der Waals surface area contributed by atoms with E-state index in [0.717, 1.165) is 29.1 Å². The lowest BCUT2D eigenvalue weighted by molar-refractivity contribution is -0.137. The number of benzene rings is 2. The lowest BCUT2D eigenvalue weighted by Crippen LogP contribution is -2.46. The van der Waals surface area contributed by atoms with Gasteiger partial charge in [0.15, 0.2) is 6.61 Å². The summed E-state index contributed by atoms with van der Waals surface area (Å²) >= 11 is 1.54. The average molecular weight is 438 g/mol. The minimum atomic E-state index is -0.206. The number of nitrogens with zero attached hydrogens (tertiary/aromatic N) is 2. The van der Waals surface area contributed by atoms with E-state index in [4.69, 9.17) is 4.74 Å². The van der Waals surface area contributed by atoms with Gasteiger partial charge in [-0.3, -0.25) is 9.59 Å². The number of hydrogen-bond acceptors (Lipinski definition) is 5. The van der Waals surface area contributed by atoms with Gasteiger partial charge in [0.05, 0.1) is 18.2 Å². The second-order valence-corrected chi connectivity index (χ2v) is 8.43. The van der Waals surface area contributed by atoms with Gasteiger partial charge in [0.1, 0.15) is 10.8 Å². The zero-order valence-electron chi connectivity index (χ0n) is 17.2. The van der Waals surface area contributed by atoms with Crippen molar-refractivity contribution < 1.29 is 15.8 Å². The number of para-hydroxylation sites is 1. The van der Waals surface area contributed by atoms with Crippen LogP contribution in [0.1, 0.15) is 19.3 Å². The summed E-state index contributed by atoms with van der Waals surface area (Å²) in [6.07, 6.45) is 1.59. The van der Waals surface area contributed by atoms with Crippen LogP contribution in [-0.2, 0) is 16.1 Å². The minimum Gasteiger partial charge on any atom is -0.484 e. The van der Waals surface area contributed by atoms with Crippen LogP contribution < -0.4 is 10.1 Å². The van der Waals surface area contributed by atoms with E-state index in [0.29, 0.717) is 25.4 Å². The highest BCUT2D eigenvalue weighted by molar-refractivity contribution is 7.09. The SMILES string of the molecule is O=C(NCc1nc(-c2ccccc2)cs1)[C@H]1CCCN(C(=O)COc2ccccc2)C1.[HH]. The molecule has 1 aliphatic rings. The molecule has 1 aliphatic heterocycles. The monoisotopic (exact) mass is 437 g/mol. The Morgan fingerprint density at radius 2 is 1.87 bits per heavy atom. The van der Waals surface area contributed by atoms with Crippen molar-refractivity contribution >= 4 is 23.2 Å². The summed E-state index contributed by atoms with van der Waals surface area (Å²) in [5.41, 5.74) is 1.98. The van der Waals surface area contributed by atoms with E-state index in [9.17, 15) is 9.59 Å². The molecule has 31 heavy (non-hydrogen) atoms. The van der Waals surface area contributed by atoms with Gasteiger partial charge >= 0.3 is 0 Å². The Bertz CT molecular complexity index is 1010. The number of nitrogens with one attached hydrogen (secondary N) is 1. The second-order valence-electron chi connectivity index (χ2n) is 7.49. The van der Waals surface area contributed by atoms with Crippen LogP contribution in [0.5, 0.6) is 5.75 Å². The maximum Gasteiger partial charge on any atom is 0.260 e. The molecular weight excluding hydrogens is 410 g/mol. The fourth-order valence-corrected chi connectivity index (χ4v) is 4.35. The maximum absolute atomic E-state index is 12.7. The van der Waals surface area contributed by atoms with E-state index >= 15 is 0 Å². The number of ether oxygens (including phenoxy) is 1. The number of carbonyl (C=O) groups excluding carboxylic acids is 2. The van der Waals surface area contributed by atoms with Crippen molar-refractivity contribution in [1.29, 1.82) is 0 Å². The van der Waals surface area contributed by atoms with Gasteiger partial charge in [-0.1, -0.05) is 48.5 Å². The highest BCUT2D eigenvalue weighted by atomic mass is 32.1. The third-order valence-electron chi connectivity index (χ3n) is 5.29. The molecule has 7 heteroatoms. The van der Waals surface area contributed by atoms with Crippen LogP contribution >= 0.6 is 11.3 Å². The molecule has 0 bridgehead atoms. The molecule has 3 aromatic rings. The van der Waals surface area contributed by atoms with Gasteiger partial charge in [-0.05, 0) is 25.0 Å². The molecule has 4 rings (SSSR count). The Hall–Kier alpha value is -3.19. The maximum atomic E-state index is 12.7. The Kier molecular flexibility index (Phi) is 6.94. The van der Waals surface area contributed by atoms with Crippen molar-refractivity contribution in [2.45, 2.75) is 19.4 Å². The van der Waals surface area contributed by atoms with Gasteiger partial charge in [0, 0.05) is 25.5 Å². The topological polar surface area (TPSA) is 71.5 Å². The zero-order chi connectivity index (χ0) is 21.5.